The minimum absolute atomic E-state index is 0.0869. The number of hydrogen-bond donors (Lipinski definition) is 0. The Kier molecular flexibility index (Phi) is 3.35. The summed E-state index contributed by atoms with van der Waals surface area (Å²) in [5.41, 5.74) is 0. The predicted octanol–water partition coefficient (Wildman–Crippen LogP) is 1.88. The second kappa shape index (κ2) is 4.31. The van der Waals surface area contributed by atoms with Crippen LogP contribution in [0.25, 0.3) is 0 Å². The topological polar surface area (TPSA) is 17.1 Å². The predicted molar refractivity (Wildman–Crippen MR) is 53.5 cm³/mol. The van der Waals surface area contributed by atoms with Crippen molar-refractivity contribution in [2.24, 2.45) is 0 Å². The van der Waals surface area contributed by atoms with Gasteiger partial charge in [-0.15, -0.1) is 0 Å². The van der Waals surface area contributed by atoms with Gasteiger partial charge in [-0.25, -0.2) is 0 Å². The fourth-order valence-corrected chi connectivity index (χ4v) is 2.44. The maximum Gasteiger partial charge on any atom is 0.179 e. The molecule has 0 saturated carbocycles. The maximum absolute atomic E-state index is 10.8. The van der Waals surface area contributed by atoms with Crippen LogP contribution in [0.2, 0.25) is 0 Å². The Morgan fingerprint density at radius 3 is 2.42 bits per heavy atom. The zero-order valence-corrected chi connectivity index (χ0v) is 8.23. The highest BCUT2D eigenvalue weighted by Gasteiger charge is 2.16. The first kappa shape index (κ1) is 9.33. The zero-order chi connectivity index (χ0) is 8.97. The van der Waals surface area contributed by atoms with E-state index < -0.39 is 0 Å². The molecular weight excluding hydrogens is 168 g/mol. The van der Waals surface area contributed by atoms with E-state index in [0.29, 0.717) is 5.75 Å². The number of ketones is 1. The van der Waals surface area contributed by atoms with E-state index >= 15 is 0 Å². The van der Waals surface area contributed by atoms with Gasteiger partial charge in [-0.2, -0.15) is 0 Å². The summed E-state index contributed by atoms with van der Waals surface area (Å²) < 4.78 is 0. The SMILES string of the molecule is CC(=O)C[S+](C)c1ccccc1. The maximum atomic E-state index is 10.8. The van der Waals surface area contributed by atoms with Gasteiger partial charge >= 0.3 is 0 Å². The van der Waals surface area contributed by atoms with E-state index in [-0.39, 0.29) is 16.7 Å². The third-order valence-corrected chi connectivity index (χ3v) is 3.48. The quantitative estimate of drug-likeness (QED) is 0.651. The van der Waals surface area contributed by atoms with Crippen molar-refractivity contribution in [3.05, 3.63) is 30.3 Å². The van der Waals surface area contributed by atoms with Crippen LogP contribution in [0.5, 0.6) is 0 Å². The van der Waals surface area contributed by atoms with Gasteiger partial charge in [0.1, 0.15) is 6.26 Å². The average molecular weight is 181 g/mol. The lowest BCUT2D eigenvalue weighted by Crippen LogP contribution is -2.12. The number of carbonyl (C=O) groups is 1. The van der Waals surface area contributed by atoms with Crippen molar-refractivity contribution in [3.8, 4) is 0 Å². The summed E-state index contributed by atoms with van der Waals surface area (Å²) in [4.78, 5) is 12.1. The Labute approximate surface area is 76.1 Å². The van der Waals surface area contributed by atoms with Crippen LogP contribution < -0.4 is 0 Å². The molecule has 1 nitrogen and oxygen atoms in total. The first-order valence-corrected chi connectivity index (χ1v) is 5.67. The molecule has 64 valence electrons. The van der Waals surface area contributed by atoms with Gasteiger partial charge in [-0.05, 0) is 19.1 Å². The number of rotatable bonds is 3. The molecule has 0 N–H and O–H groups in total. The van der Waals surface area contributed by atoms with Crippen molar-refractivity contribution in [3.63, 3.8) is 0 Å². The molecule has 1 atom stereocenters. The Bertz CT molecular complexity index is 256. The number of benzene rings is 1. The second-order valence-electron chi connectivity index (χ2n) is 2.80. The van der Waals surface area contributed by atoms with Gasteiger partial charge in [0.25, 0.3) is 0 Å². The van der Waals surface area contributed by atoms with Crippen molar-refractivity contribution < 1.29 is 4.79 Å². The Morgan fingerprint density at radius 1 is 1.33 bits per heavy atom. The molecule has 0 aliphatic heterocycles. The fraction of sp³-hybridized carbons (Fsp3) is 0.300. The first-order valence-electron chi connectivity index (χ1n) is 3.87. The van der Waals surface area contributed by atoms with Gasteiger partial charge in [0.2, 0.25) is 0 Å². The first-order chi connectivity index (χ1) is 5.70. The smallest absolute Gasteiger partial charge is 0.179 e. The third kappa shape index (κ3) is 2.70. The van der Waals surface area contributed by atoms with Crippen LogP contribution in [0.1, 0.15) is 6.92 Å². The molecule has 0 aromatic heterocycles. The summed E-state index contributed by atoms with van der Waals surface area (Å²) in [6.07, 6.45) is 2.11. The minimum Gasteiger partial charge on any atom is -0.295 e. The molecule has 0 saturated heterocycles. The summed E-state index contributed by atoms with van der Waals surface area (Å²) >= 11 is 0. The van der Waals surface area contributed by atoms with Crippen molar-refractivity contribution in [1.29, 1.82) is 0 Å². The molecule has 0 heterocycles. The number of Topliss-reactive ketones (excluding diaryl/α,β-unsaturated/α-hetero) is 1. The van der Waals surface area contributed by atoms with Crippen molar-refractivity contribution >= 4 is 16.7 Å². The van der Waals surface area contributed by atoms with E-state index in [9.17, 15) is 4.79 Å². The van der Waals surface area contributed by atoms with Crippen LogP contribution in [-0.4, -0.2) is 17.8 Å². The molecule has 0 spiro atoms. The lowest BCUT2D eigenvalue weighted by atomic mass is 10.4. The minimum atomic E-state index is 0.0869. The highest BCUT2D eigenvalue weighted by molar-refractivity contribution is 7.96. The number of hydrogen-bond acceptors (Lipinski definition) is 1. The normalized spacial score (nSPS) is 12.5. The molecular formula is C10H13OS+. The van der Waals surface area contributed by atoms with E-state index in [1.54, 1.807) is 6.92 Å². The Morgan fingerprint density at radius 2 is 1.92 bits per heavy atom. The van der Waals surface area contributed by atoms with Gasteiger partial charge < -0.3 is 0 Å². The average Bonchev–Trinajstić information content (AvgIpc) is 2.05. The van der Waals surface area contributed by atoms with E-state index in [2.05, 4.69) is 18.4 Å². The molecule has 0 aliphatic carbocycles. The van der Waals surface area contributed by atoms with Crippen molar-refractivity contribution in [2.75, 3.05) is 12.0 Å². The molecule has 12 heavy (non-hydrogen) atoms. The summed E-state index contributed by atoms with van der Waals surface area (Å²) in [6, 6.07) is 10.2. The standard InChI is InChI=1S/C10H13OS/c1-9(11)8-12(2)10-6-4-3-5-7-10/h3-7H,8H2,1-2H3/q+1. The van der Waals surface area contributed by atoms with Gasteiger partial charge in [0.05, 0.1) is 0 Å². The van der Waals surface area contributed by atoms with Crippen molar-refractivity contribution in [1.82, 2.24) is 0 Å². The summed E-state index contributed by atoms with van der Waals surface area (Å²) in [7, 11) is 0.0869. The van der Waals surface area contributed by atoms with Crippen LogP contribution >= 0.6 is 0 Å². The lowest BCUT2D eigenvalue weighted by molar-refractivity contribution is -0.114. The monoisotopic (exact) mass is 181 g/mol. The molecule has 0 radical (unpaired) electrons. The summed E-state index contributed by atoms with van der Waals surface area (Å²) in [5, 5.41) is 0. The van der Waals surface area contributed by atoms with Crippen LogP contribution in [-0.2, 0) is 15.7 Å². The molecule has 0 bridgehead atoms. The molecule has 1 aromatic carbocycles. The second-order valence-corrected chi connectivity index (χ2v) is 4.83. The molecule has 1 aromatic rings. The highest BCUT2D eigenvalue weighted by atomic mass is 32.2. The molecule has 1 unspecified atom stereocenters. The molecule has 0 amide bonds. The van der Waals surface area contributed by atoms with Gasteiger partial charge in [0.15, 0.2) is 16.4 Å². The van der Waals surface area contributed by atoms with Gasteiger partial charge in [0, 0.05) is 10.9 Å². The van der Waals surface area contributed by atoms with Crippen LogP contribution in [0.15, 0.2) is 35.2 Å². The van der Waals surface area contributed by atoms with Crippen LogP contribution in [0.4, 0.5) is 0 Å². The zero-order valence-electron chi connectivity index (χ0n) is 7.41. The van der Waals surface area contributed by atoms with E-state index in [0.717, 1.165) is 0 Å². The van der Waals surface area contributed by atoms with Crippen LogP contribution in [0.3, 0.4) is 0 Å². The molecule has 2 heteroatoms. The van der Waals surface area contributed by atoms with Crippen molar-refractivity contribution in [2.45, 2.75) is 11.8 Å². The number of carbonyl (C=O) groups excluding carboxylic acids is 1. The highest BCUT2D eigenvalue weighted by Crippen LogP contribution is 2.10. The van der Waals surface area contributed by atoms with Gasteiger partial charge in [-0.3, -0.25) is 4.79 Å². The summed E-state index contributed by atoms with van der Waals surface area (Å²) in [6.45, 7) is 1.65. The van der Waals surface area contributed by atoms with E-state index in [1.165, 1.54) is 4.90 Å². The third-order valence-electron chi connectivity index (χ3n) is 1.57. The Balaban J connectivity index is 2.65. The van der Waals surface area contributed by atoms with Gasteiger partial charge in [-0.1, -0.05) is 18.2 Å². The Hall–Kier alpha value is -0.760. The molecule has 0 aliphatic rings. The van der Waals surface area contributed by atoms with Crippen LogP contribution in [0, 0.1) is 0 Å². The lowest BCUT2D eigenvalue weighted by Gasteiger charge is -1.98. The molecule has 0 fully saturated rings. The van der Waals surface area contributed by atoms with E-state index in [1.807, 2.05) is 18.2 Å². The van der Waals surface area contributed by atoms with E-state index in [4.69, 9.17) is 0 Å². The largest absolute Gasteiger partial charge is 0.295 e. The molecule has 1 rings (SSSR count). The summed E-state index contributed by atoms with van der Waals surface area (Å²) in [5.74, 6) is 0.939. The fourth-order valence-electron chi connectivity index (χ4n) is 1.04.